The fourth-order valence-corrected chi connectivity index (χ4v) is 2.06. The first-order valence-electron chi connectivity index (χ1n) is 5.76. The maximum atomic E-state index is 11.9. The predicted octanol–water partition coefficient (Wildman–Crippen LogP) is 2.06. The summed E-state index contributed by atoms with van der Waals surface area (Å²) in [6.45, 7) is 8.80. The van der Waals surface area contributed by atoms with E-state index < -0.39 is 0 Å². The molecule has 86 valence electrons. The van der Waals surface area contributed by atoms with Crippen molar-refractivity contribution in [3.8, 4) is 0 Å². The first-order valence-corrected chi connectivity index (χ1v) is 5.76. The summed E-state index contributed by atoms with van der Waals surface area (Å²) in [7, 11) is 0. The molecule has 0 bridgehead atoms. The van der Waals surface area contributed by atoms with Crippen LogP contribution in [0.2, 0.25) is 0 Å². The van der Waals surface area contributed by atoms with Crippen LogP contribution in [0, 0.1) is 17.8 Å². The third-order valence-corrected chi connectivity index (χ3v) is 2.64. The number of nitrogens with zero attached hydrogens (tertiary/aromatic N) is 1. The van der Waals surface area contributed by atoms with Crippen molar-refractivity contribution in [1.82, 2.24) is 4.90 Å². The van der Waals surface area contributed by atoms with Crippen molar-refractivity contribution in [3.63, 3.8) is 0 Å². The van der Waals surface area contributed by atoms with E-state index in [4.69, 9.17) is 0 Å². The molecule has 0 aromatic heterocycles. The van der Waals surface area contributed by atoms with Gasteiger partial charge in [-0.15, -0.1) is 0 Å². The van der Waals surface area contributed by atoms with Gasteiger partial charge in [-0.25, -0.2) is 0 Å². The zero-order chi connectivity index (χ0) is 11.6. The van der Waals surface area contributed by atoms with Gasteiger partial charge in [0.15, 0.2) is 0 Å². The highest BCUT2D eigenvalue weighted by molar-refractivity contribution is 6.03. The summed E-state index contributed by atoms with van der Waals surface area (Å²) in [6.07, 6.45) is 1.25. The minimum Gasteiger partial charge on any atom is -0.282 e. The lowest BCUT2D eigenvalue weighted by Gasteiger charge is -2.17. The van der Waals surface area contributed by atoms with Crippen molar-refractivity contribution in [3.05, 3.63) is 0 Å². The number of likely N-dealkylation sites (tertiary alicyclic amines) is 1. The summed E-state index contributed by atoms with van der Waals surface area (Å²) in [6, 6.07) is 0. The Morgan fingerprint density at radius 3 is 2.27 bits per heavy atom. The highest BCUT2D eigenvalue weighted by Gasteiger charge is 2.38. The summed E-state index contributed by atoms with van der Waals surface area (Å²) in [5.41, 5.74) is 0. The third kappa shape index (κ3) is 3.05. The molecular formula is C12H21NO2. The maximum absolute atomic E-state index is 11.9. The van der Waals surface area contributed by atoms with Crippen LogP contribution in [0.4, 0.5) is 0 Å². The predicted molar refractivity (Wildman–Crippen MR) is 59.1 cm³/mol. The van der Waals surface area contributed by atoms with Crippen molar-refractivity contribution in [2.45, 2.75) is 40.5 Å². The molecule has 3 nitrogen and oxygen atoms in total. The zero-order valence-electron chi connectivity index (χ0n) is 10.1. The molecule has 1 fully saturated rings. The molecular weight excluding hydrogens is 190 g/mol. The molecule has 1 aliphatic rings. The van der Waals surface area contributed by atoms with E-state index in [-0.39, 0.29) is 17.7 Å². The lowest BCUT2D eigenvalue weighted by Crippen LogP contribution is -2.34. The summed E-state index contributed by atoms with van der Waals surface area (Å²) in [5.74, 6) is 0.833. The molecule has 0 N–H and O–H groups in total. The van der Waals surface area contributed by atoms with E-state index in [2.05, 4.69) is 13.8 Å². The number of carbonyl (C=O) groups excluding carboxylic acids is 2. The highest BCUT2D eigenvalue weighted by atomic mass is 16.2. The molecule has 0 spiro atoms. The van der Waals surface area contributed by atoms with Crippen LogP contribution in [0.3, 0.4) is 0 Å². The second kappa shape index (κ2) is 4.77. The van der Waals surface area contributed by atoms with Gasteiger partial charge in [-0.2, -0.15) is 0 Å². The van der Waals surface area contributed by atoms with E-state index in [9.17, 15) is 9.59 Å². The molecule has 1 heterocycles. The summed E-state index contributed by atoms with van der Waals surface area (Å²) in [5, 5.41) is 0. The molecule has 3 heteroatoms. The fourth-order valence-electron chi connectivity index (χ4n) is 2.06. The smallest absolute Gasteiger partial charge is 0.232 e. The zero-order valence-corrected chi connectivity index (χ0v) is 10.1. The summed E-state index contributed by atoms with van der Waals surface area (Å²) >= 11 is 0. The minimum atomic E-state index is -0.0590. The van der Waals surface area contributed by atoms with Gasteiger partial charge in [0.25, 0.3) is 0 Å². The van der Waals surface area contributed by atoms with Crippen LogP contribution < -0.4 is 0 Å². The second-order valence-electron chi connectivity index (χ2n) is 5.27. The molecule has 0 aliphatic carbocycles. The van der Waals surface area contributed by atoms with Gasteiger partial charge in [0, 0.05) is 18.9 Å². The number of imide groups is 1. The Kier molecular flexibility index (Phi) is 3.89. The minimum absolute atomic E-state index is 0.0133. The molecule has 2 amide bonds. The van der Waals surface area contributed by atoms with Gasteiger partial charge < -0.3 is 0 Å². The number of hydrogen-bond donors (Lipinski definition) is 0. The molecule has 1 atom stereocenters. The van der Waals surface area contributed by atoms with Crippen molar-refractivity contribution < 1.29 is 9.59 Å². The van der Waals surface area contributed by atoms with Gasteiger partial charge >= 0.3 is 0 Å². The molecule has 0 aromatic rings. The van der Waals surface area contributed by atoms with E-state index in [1.807, 2.05) is 13.8 Å². The lowest BCUT2D eigenvalue weighted by atomic mass is 9.96. The number of carbonyl (C=O) groups is 2. The molecule has 0 saturated carbocycles. The van der Waals surface area contributed by atoms with Crippen LogP contribution in [0.25, 0.3) is 0 Å². The summed E-state index contributed by atoms with van der Waals surface area (Å²) in [4.78, 5) is 25.0. The van der Waals surface area contributed by atoms with Crippen LogP contribution in [-0.2, 0) is 9.59 Å². The second-order valence-corrected chi connectivity index (χ2v) is 5.27. The van der Waals surface area contributed by atoms with Gasteiger partial charge in [0.2, 0.25) is 11.8 Å². The average Bonchev–Trinajstić information content (AvgIpc) is 2.31. The van der Waals surface area contributed by atoms with Crippen LogP contribution in [0.1, 0.15) is 40.5 Å². The average molecular weight is 211 g/mol. The standard InChI is InChI=1S/C12H21NO2/c1-8(2)5-10-6-11(14)13(12(10)15)7-9(3)4/h8-10H,5-7H2,1-4H3. The number of hydrogen-bond acceptors (Lipinski definition) is 2. The fraction of sp³-hybridized carbons (Fsp3) is 0.833. The molecule has 0 aromatic carbocycles. The van der Waals surface area contributed by atoms with Gasteiger partial charge in [-0.3, -0.25) is 14.5 Å². The van der Waals surface area contributed by atoms with Crippen LogP contribution >= 0.6 is 0 Å². The lowest BCUT2D eigenvalue weighted by molar-refractivity contribution is -0.140. The Balaban J connectivity index is 2.62. The normalized spacial score (nSPS) is 22.3. The highest BCUT2D eigenvalue weighted by Crippen LogP contribution is 2.26. The Hall–Kier alpha value is -0.860. The first kappa shape index (κ1) is 12.2. The van der Waals surface area contributed by atoms with Crippen LogP contribution in [-0.4, -0.2) is 23.3 Å². The van der Waals surface area contributed by atoms with Gasteiger partial charge in [-0.05, 0) is 18.3 Å². The first-order chi connectivity index (χ1) is 6.91. The SMILES string of the molecule is CC(C)CC1CC(=O)N(CC(C)C)C1=O. The largest absolute Gasteiger partial charge is 0.282 e. The molecule has 15 heavy (non-hydrogen) atoms. The Morgan fingerprint density at radius 2 is 1.80 bits per heavy atom. The van der Waals surface area contributed by atoms with Crippen LogP contribution in [0.15, 0.2) is 0 Å². The monoisotopic (exact) mass is 211 g/mol. The Morgan fingerprint density at radius 1 is 1.20 bits per heavy atom. The van der Waals surface area contributed by atoms with Crippen LogP contribution in [0.5, 0.6) is 0 Å². The van der Waals surface area contributed by atoms with Gasteiger partial charge in [-0.1, -0.05) is 27.7 Å². The number of rotatable bonds is 4. The van der Waals surface area contributed by atoms with Crippen molar-refractivity contribution >= 4 is 11.8 Å². The van der Waals surface area contributed by atoms with Crippen molar-refractivity contribution in [2.24, 2.45) is 17.8 Å². The Bertz CT molecular complexity index is 258. The van der Waals surface area contributed by atoms with E-state index in [0.29, 0.717) is 24.8 Å². The third-order valence-electron chi connectivity index (χ3n) is 2.64. The van der Waals surface area contributed by atoms with Gasteiger partial charge in [0.05, 0.1) is 0 Å². The quantitative estimate of drug-likeness (QED) is 0.667. The van der Waals surface area contributed by atoms with E-state index in [0.717, 1.165) is 6.42 Å². The number of amides is 2. The summed E-state index contributed by atoms with van der Waals surface area (Å²) < 4.78 is 0. The molecule has 0 radical (unpaired) electrons. The molecule has 1 saturated heterocycles. The topological polar surface area (TPSA) is 37.4 Å². The van der Waals surface area contributed by atoms with Crippen molar-refractivity contribution in [2.75, 3.05) is 6.54 Å². The van der Waals surface area contributed by atoms with E-state index >= 15 is 0 Å². The molecule has 1 unspecified atom stereocenters. The molecule has 1 rings (SSSR count). The Labute approximate surface area is 91.8 Å². The van der Waals surface area contributed by atoms with E-state index in [1.165, 1.54) is 4.90 Å². The van der Waals surface area contributed by atoms with Gasteiger partial charge in [0.1, 0.15) is 0 Å². The molecule has 1 aliphatic heterocycles. The van der Waals surface area contributed by atoms with Crippen molar-refractivity contribution in [1.29, 1.82) is 0 Å². The maximum Gasteiger partial charge on any atom is 0.232 e. The van der Waals surface area contributed by atoms with E-state index in [1.54, 1.807) is 0 Å².